The first-order valence-electron chi connectivity index (χ1n) is 31.7. The molecule has 7 heterocycles. The van der Waals surface area contributed by atoms with E-state index in [1.807, 2.05) is 60.7 Å². The topological polar surface area (TPSA) is 66.3 Å². The van der Waals surface area contributed by atoms with Crippen molar-refractivity contribution in [2.75, 3.05) is 9.34 Å². The van der Waals surface area contributed by atoms with E-state index in [0.29, 0.717) is 0 Å². The number of para-hydroxylation sites is 6. The van der Waals surface area contributed by atoms with E-state index in [1.165, 1.54) is 65.4 Å². The third-order valence-electron chi connectivity index (χ3n) is 19.5. The van der Waals surface area contributed by atoms with E-state index in [0.717, 1.165) is 109 Å². The molecule has 17 aromatic rings. The number of benzene rings is 14. The number of nitrogens with one attached hydrogen (secondary N) is 1. The quantitative estimate of drug-likeness (QED) is 0.175. The highest BCUT2D eigenvalue weighted by Gasteiger charge is 2.49. The number of nitrogens with zero attached hydrogens (tertiary/aromatic N) is 4. The lowest BCUT2D eigenvalue weighted by atomic mass is 9.99. The summed E-state index contributed by atoms with van der Waals surface area (Å²) in [7, 11) is -6.44. The molecule has 0 amide bonds. The van der Waals surface area contributed by atoms with Gasteiger partial charge in [-0.15, -0.1) is 0 Å². The summed E-state index contributed by atoms with van der Waals surface area (Å²) in [6.07, 6.45) is 0. The van der Waals surface area contributed by atoms with E-state index in [-0.39, 0.29) is 0 Å². The highest BCUT2D eigenvalue weighted by molar-refractivity contribution is 9.10. The van der Waals surface area contributed by atoms with Crippen LogP contribution in [-0.2, 0) is 9.13 Å². The van der Waals surface area contributed by atoms with E-state index in [2.05, 4.69) is 310 Å². The first kappa shape index (κ1) is 56.1. The Balaban J connectivity index is 0.000000126. The third-order valence-corrected chi connectivity index (χ3v) is 26.7. The van der Waals surface area contributed by atoms with Crippen molar-refractivity contribution in [1.82, 2.24) is 14.1 Å². The van der Waals surface area contributed by atoms with Gasteiger partial charge >= 0.3 is 0 Å². The molecule has 0 atom stereocenters. The Morgan fingerprint density at radius 3 is 0.853 bits per heavy atom. The number of aromatic nitrogens is 3. The van der Waals surface area contributed by atoms with Crippen molar-refractivity contribution in [1.29, 1.82) is 0 Å². The predicted octanol–water partition coefficient (Wildman–Crippen LogP) is 22.5. The molecule has 21 rings (SSSR count). The highest BCUT2D eigenvalue weighted by Crippen LogP contribution is 2.68. The zero-order chi connectivity index (χ0) is 63.3. The van der Waals surface area contributed by atoms with Crippen LogP contribution < -0.4 is 30.6 Å². The Hall–Kier alpha value is -10.5. The summed E-state index contributed by atoms with van der Waals surface area (Å²) in [6, 6.07) is 110. The standard InChI is InChI=1S/C48H30N3OP.C24H14Br2NOP.C12H9N/c52-53-47-23-11-5-17-37(47)39-29-31(49-41-19-7-1-13-33(41)34-14-2-8-20-42(34)49)25-27-45(39)51(53)46-28-26-32(30-40(46)38-18-6-12-24-48(38)53)50-43-21-9-3-15-35(43)36-16-4-10-22-44(36)50;25-15-9-11-21-19(13-15)17-5-1-3-7-23(17)29(28)24-8-4-2-6-18(24)20-14-16(26)10-12-22(20)27(21)29;1-3-7-11-9(5-1)10-6-2-4-8-12(10)13-11/h1-30H;1-14H;1-8,13H. The van der Waals surface area contributed by atoms with Gasteiger partial charge in [-0.1, -0.05) is 214 Å². The lowest BCUT2D eigenvalue weighted by Gasteiger charge is -2.44. The average molecular weight is 1390 g/mol. The molecule has 0 aliphatic carbocycles. The Morgan fingerprint density at radius 2 is 0.516 bits per heavy atom. The second kappa shape index (κ2) is 21.5. The van der Waals surface area contributed by atoms with Gasteiger partial charge in [0.05, 0.1) is 44.8 Å². The summed E-state index contributed by atoms with van der Waals surface area (Å²) in [5.74, 6) is 0. The van der Waals surface area contributed by atoms with Crippen LogP contribution in [0.2, 0.25) is 0 Å². The molecular formula is C84H53Br2N5O2P2. The van der Waals surface area contributed by atoms with Crippen LogP contribution in [0.15, 0.2) is 324 Å². The fourth-order valence-corrected chi connectivity index (χ4v) is 22.8. The van der Waals surface area contributed by atoms with Gasteiger partial charge in [-0.3, -0.25) is 18.5 Å². The lowest BCUT2D eigenvalue weighted by Crippen LogP contribution is -2.37. The van der Waals surface area contributed by atoms with Crippen molar-refractivity contribution >= 4 is 156 Å². The molecule has 14 aromatic carbocycles. The smallest absolute Gasteiger partial charge is 0.235 e. The molecule has 0 unspecified atom stereocenters. The maximum Gasteiger partial charge on any atom is 0.235 e. The first-order valence-corrected chi connectivity index (χ1v) is 36.7. The van der Waals surface area contributed by atoms with E-state index in [9.17, 15) is 0 Å². The minimum Gasteiger partial charge on any atom is -0.355 e. The summed E-state index contributed by atoms with van der Waals surface area (Å²) in [4.78, 5) is 3.38. The zero-order valence-electron chi connectivity index (χ0n) is 50.8. The van der Waals surface area contributed by atoms with Gasteiger partial charge < -0.3 is 14.1 Å². The van der Waals surface area contributed by atoms with Crippen molar-refractivity contribution in [2.24, 2.45) is 0 Å². The van der Waals surface area contributed by atoms with Crippen LogP contribution in [0.5, 0.6) is 0 Å². The van der Waals surface area contributed by atoms with Crippen molar-refractivity contribution < 1.29 is 9.13 Å². The van der Waals surface area contributed by atoms with Gasteiger partial charge in [0.25, 0.3) is 0 Å². The van der Waals surface area contributed by atoms with Gasteiger partial charge in [0.2, 0.25) is 14.6 Å². The van der Waals surface area contributed by atoms with Crippen LogP contribution >= 0.6 is 46.4 Å². The molecule has 11 heteroatoms. The molecule has 95 heavy (non-hydrogen) atoms. The number of anilines is 4. The molecule has 3 aromatic heterocycles. The molecule has 450 valence electrons. The van der Waals surface area contributed by atoms with Crippen LogP contribution in [0, 0.1) is 0 Å². The second-order valence-electron chi connectivity index (χ2n) is 24.5. The summed E-state index contributed by atoms with van der Waals surface area (Å²) in [6.45, 7) is 0. The number of hydrogen-bond acceptors (Lipinski definition) is 2. The molecule has 0 saturated carbocycles. The van der Waals surface area contributed by atoms with Crippen LogP contribution in [0.4, 0.5) is 22.7 Å². The van der Waals surface area contributed by atoms with Crippen molar-refractivity contribution in [3.63, 3.8) is 0 Å². The number of aromatic amines is 1. The number of rotatable bonds is 2. The molecule has 0 saturated heterocycles. The minimum absolute atomic E-state index is 0.872. The van der Waals surface area contributed by atoms with Crippen LogP contribution in [0.3, 0.4) is 0 Å². The monoisotopic (exact) mass is 1380 g/mol. The van der Waals surface area contributed by atoms with Crippen molar-refractivity contribution in [3.05, 3.63) is 324 Å². The first-order chi connectivity index (χ1) is 46.7. The van der Waals surface area contributed by atoms with Crippen LogP contribution in [0.25, 0.3) is 121 Å². The molecule has 4 aliphatic rings. The highest BCUT2D eigenvalue weighted by atomic mass is 79.9. The summed E-state index contributed by atoms with van der Waals surface area (Å²) >= 11 is 7.23. The number of H-pyrrole nitrogens is 1. The molecular weight excluding hydrogens is 1330 g/mol. The van der Waals surface area contributed by atoms with E-state index in [4.69, 9.17) is 0 Å². The molecule has 0 fully saturated rings. The molecule has 7 nitrogen and oxygen atoms in total. The van der Waals surface area contributed by atoms with Gasteiger partial charge in [-0.25, -0.2) is 0 Å². The zero-order valence-corrected chi connectivity index (χ0v) is 55.7. The Bertz CT molecular complexity index is 5750. The molecule has 0 radical (unpaired) electrons. The molecule has 4 aliphatic heterocycles. The predicted molar refractivity (Wildman–Crippen MR) is 405 cm³/mol. The Morgan fingerprint density at radius 1 is 0.253 bits per heavy atom. The van der Waals surface area contributed by atoms with Gasteiger partial charge in [0.15, 0.2) is 0 Å². The number of halogens is 2. The fraction of sp³-hybridized carbons (Fsp3) is 0. The number of fused-ring (bicyclic) bond motifs is 31. The summed E-state index contributed by atoms with van der Waals surface area (Å²) in [5.41, 5.74) is 21.6. The normalized spacial score (nSPS) is 13.8. The largest absolute Gasteiger partial charge is 0.355 e. The van der Waals surface area contributed by atoms with Crippen molar-refractivity contribution in [2.45, 2.75) is 0 Å². The Labute approximate surface area is 564 Å². The maximum absolute atomic E-state index is 16.2. The third kappa shape index (κ3) is 8.24. The summed E-state index contributed by atoms with van der Waals surface area (Å²) < 4.78 is 42.3. The van der Waals surface area contributed by atoms with Gasteiger partial charge in [-0.2, -0.15) is 0 Å². The lowest BCUT2D eigenvalue weighted by molar-refractivity contribution is 0.586. The number of hydrogen-bond donors (Lipinski definition) is 1. The second-order valence-corrected chi connectivity index (χ2v) is 31.4. The summed E-state index contributed by atoms with van der Waals surface area (Å²) in [5, 5.41) is 11.1. The van der Waals surface area contributed by atoms with E-state index < -0.39 is 14.6 Å². The van der Waals surface area contributed by atoms with Gasteiger partial charge in [0, 0.05) is 107 Å². The van der Waals surface area contributed by atoms with Gasteiger partial charge in [0.1, 0.15) is 0 Å². The fourth-order valence-electron chi connectivity index (χ4n) is 15.6. The Kier molecular flexibility index (Phi) is 12.7. The van der Waals surface area contributed by atoms with Crippen LogP contribution in [-0.4, -0.2) is 14.1 Å². The van der Waals surface area contributed by atoms with Crippen LogP contribution in [0.1, 0.15) is 0 Å². The average Bonchev–Trinajstić information content (AvgIpc) is 1.50. The van der Waals surface area contributed by atoms with E-state index >= 15 is 9.13 Å². The van der Waals surface area contributed by atoms with Gasteiger partial charge in [-0.05, 0) is 156 Å². The molecule has 0 bridgehead atoms. The SMILES string of the molecule is O=P12c3ccccc3-c3cc(-n4c5ccccc5c5ccccc54)ccc3N1c1ccc(-n3c4ccccc4c4ccccc43)cc1-c1ccccc12.O=P12c3ccccc3-c3cc(Br)ccc3N1c1ccc(Br)cc1-c1ccccc12.c1ccc2c(c1)[nH]c1ccccc12. The minimum atomic E-state index is -3.35. The molecule has 0 spiro atoms. The van der Waals surface area contributed by atoms with Crippen molar-refractivity contribution in [3.8, 4) is 55.9 Å². The molecule has 1 N–H and O–H groups in total. The van der Waals surface area contributed by atoms with E-state index in [1.54, 1.807) is 0 Å². The maximum atomic E-state index is 16.2.